The molecule has 0 atom stereocenters. The van der Waals surface area contributed by atoms with Crippen molar-refractivity contribution in [2.75, 3.05) is 11.9 Å². The Morgan fingerprint density at radius 2 is 1.61 bits per heavy atom. The van der Waals surface area contributed by atoms with Gasteiger partial charge in [-0.1, -0.05) is 30.1 Å². The van der Waals surface area contributed by atoms with E-state index in [0.29, 0.717) is 21.7 Å². The van der Waals surface area contributed by atoms with E-state index in [1.165, 1.54) is 6.92 Å². The first-order valence-corrected chi connectivity index (χ1v) is 10.4. The monoisotopic (exact) mass is 511 g/mol. The molecule has 0 aliphatic carbocycles. The molecule has 0 aliphatic heterocycles. The zero-order valence-electron chi connectivity index (χ0n) is 15.9. The van der Waals surface area contributed by atoms with Crippen molar-refractivity contribution < 1.29 is 39.6 Å². The van der Waals surface area contributed by atoms with E-state index in [0.717, 1.165) is 14.0 Å². The van der Waals surface area contributed by atoms with Gasteiger partial charge in [0.2, 0.25) is 5.91 Å². The number of sulfone groups is 1. The Kier molecular flexibility index (Phi) is 6.66. The highest BCUT2D eigenvalue weighted by Crippen LogP contribution is 2.43. The lowest BCUT2D eigenvalue weighted by Crippen LogP contribution is -2.31. The van der Waals surface area contributed by atoms with Gasteiger partial charge in [0.1, 0.15) is 10.6 Å². The van der Waals surface area contributed by atoms with Crippen LogP contribution in [0.2, 0.25) is 10.0 Å². The van der Waals surface area contributed by atoms with Gasteiger partial charge in [0, 0.05) is 13.5 Å². The number of hydrogen-bond donors (Lipinski definition) is 0. The summed E-state index contributed by atoms with van der Waals surface area (Å²) in [6, 6.07) is 0.895. The summed E-state index contributed by atoms with van der Waals surface area (Å²) >= 11 is 11.8. The minimum atomic E-state index is -6.01. The molecule has 1 heterocycles. The number of halogens is 8. The largest absolute Gasteiger partial charge is 0.502 e. The van der Waals surface area contributed by atoms with Crippen LogP contribution >= 0.6 is 23.2 Å². The summed E-state index contributed by atoms with van der Waals surface area (Å²) < 4.78 is 104. The van der Waals surface area contributed by atoms with Crippen molar-refractivity contribution in [1.29, 1.82) is 0 Å². The smallest absolute Gasteiger partial charge is 0.299 e. The predicted octanol–water partition coefficient (Wildman–Crippen LogP) is 5.17. The molecule has 1 amide bonds. The first-order valence-electron chi connectivity index (χ1n) is 8.19. The van der Waals surface area contributed by atoms with Gasteiger partial charge in [0.15, 0.2) is 5.82 Å². The first-order chi connectivity index (χ1) is 13.9. The number of aryl methyl sites for hydroxylation is 1. The molecule has 15 heteroatoms. The highest BCUT2D eigenvalue weighted by molar-refractivity contribution is 7.92. The number of rotatable bonds is 4. The molecule has 0 N–H and O–H groups in total. The molecule has 172 valence electrons. The summed E-state index contributed by atoms with van der Waals surface area (Å²) in [5.74, 6) is -1.68. The van der Waals surface area contributed by atoms with Crippen LogP contribution in [-0.2, 0) is 20.8 Å². The molecule has 31 heavy (non-hydrogen) atoms. The van der Waals surface area contributed by atoms with Gasteiger partial charge in [0.25, 0.3) is 9.84 Å². The second-order valence-electron chi connectivity index (χ2n) is 6.19. The van der Waals surface area contributed by atoms with Gasteiger partial charge in [-0.2, -0.15) is 31.4 Å². The van der Waals surface area contributed by atoms with Gasteiger partial charge in [-0.25, -0.2) is 13.1 Å². The lowest BCUT2D eigenvalue weighted by molar-refractivity contribution is -0.137. The van der Waals surface area contributed by atoms with Gasteiger partial charge in [-0.3, -0.25) is 9.69 Å². The molecule has 0 spiro atoms. The van der Waals surface area contributed by atoms with Gasteiger partial charge in [0.05, 0.1) is 21.3 Å². The normalized spacial score (nSPS) is 12.9. The van der Waals surface area contributed by atoms with Crippen LogP contribution in [-0.4, -0.2) is 36.7 Å². The number of carbonyl (C=O) groups excluding carboxylic acids is 1. The molecule has 1 aromatic carbocycles. The lowest BCUT2D eigenvalue weighted by Gasteiger charge is -2.21. The maximum absolute atomic E-state index is 13.3. The number of aromatic nitrogens is 2. The second-order valence-corrected chi connectivity index (χ2v) is 8.88. The Labute approximate surface area is 182 Å². The van der Waals surface area contributed by atoms with Crippen molar-refractivity contribution in [1.82, 2.24) is 9.78 Å². The van der Waals surface area contributed by atoms with Crippen molar-refractivity contribution >= 4 is 44.8 Å². The minimum Gasteiger partial charge on any atom is -0.299 e. The summed E-state index contributed by atoms with van der Waals surface area (Å²) in [5.41, 5.74) is -8.20. The Morgan fingerprint density at radius 3 is 2.00 bits per heavy atom. The number of hydrogen-bond acceptors (Lipinski definition) is 4. The summed E-state index contributed by atoms with van der Waals surface area (Å²) in [5, 5.41) is 2.34. The Bertz CT molecular complexity index is 1120. The first kappa shape index (κ1) is 25.3. The summed E-state index contributed by atoms with van der Waals surface area (Å²) in [6.07, 6.45) is -5.07. The molecule has 0 aliphatic rings. The summed E-state index contributed by atoms with van der Waals surface area (Å²) in [4.78, 5) is 11.4. The molecule has 6 nitrogen and oxygen atoms in total. The maximum atomic E-state index is 13.3. The van der Waals surface area contributed by atoms with Crippen LogP contribution in [0.25, 0.3) is 5.69 Å². The Balaban J connectivity index is 2.97. The number of anilines is 1. The average molecular weight is 512 g/mol. The Hall–Kier alpha value is -1.99. The quantitative estimate of drug-likeness (QED) is 0.530. The van der Waals surface area contributed by atoms with Gasteiger partial charge in [-0.15, -0.1) is 0 Å². The Morgan fingerprint density at radius 1 is 1.13 bits per heavy atom. The molecule has 1 aromatic heterocycles. The molecule has 0 fully saturated rings. The van der Waals surface area contributed by atoms with Gasteiger partial charge in [-0.05, 0) is 19.1 Å². The van der Waals surface area contributed by atoms with E-state index in [-0.39, 0.29) is 6.42 Å². The fraction of sp³-hybridized carbons (Fsp3) is 0.375. The molecular formula is C16H13Cl2F6N3O3S. The van der Waals surface area contributed by atoms with E-state index < -0.39 is 65.1 Å². The molecular weight excluding hydrogens is 499 g/mol. The molecule has 2 rings (SSSR count). The van der Waals surface area contributed by atoms with Crippen molar-refractivity contribution in [3.8, 4) is 5.69 Å². The van der Waals surface area contributed by atoms with Crippen LogP contribution in [0, 0.1) is 6.92 Å². The van der Waals surface area contributed by atoms with Crippen molar-refractivity contribution in [2.45, 2.75) is 36.8 Å². The second kappa shape index (κ2) is 8.17. The van der Waals surface area contributed by atoms with Crippen LogP contribution in [0.4, 0.5) is 32.2 Å². The standard InChI is InChI=1S/C16H13Cl2F6N3O3S/c1-4-11(28)26(3)14-13(31(29,30)16(22,23)24)7(2)25-27(14)12-9(17)5-8(6-10(12)18)15(19,20)21/h5-6H,4H2,1-3H3. The SMILES string of the molecule is CCC(=O)N(C)c1c(S(=O)(=O)C(F)(F)F)c(C)nn1-c1c(Cl)cc(C(F)(F)F)cc1Cl. The molecule has 0 saturated heterocycles. The van der Waals surface area contributed by atoms with E-state index in [2.05, 4.69) is 5.10 Å². The maximum Gasteiger partial charge on any atom is 0.502 e. The molecule has 0 radical (unpaired) electrons. The van der Waals surface area contributed by atoms with E-state index in [9.17, 15) is 39.6 Å². The minimum absolute atomic E-state index is 0.235. The van der Waals surface area contributed by atoms with Crippen LogP contribution < -0.4 is 4.90 Å². The van der Waals surface area contributed by atoms with E-state index in [1.54, 1.807) is 0 Å². The van der Waals surface area contributed by atoms with E-state index in [4.69, 9.17) is 23.2 Å². The third kappa shape index (κ3) is 4.48. The summed E-state index contributed by atoms with van der Waals surface area (Å²) in [6.45, 7) is 2.29. The molecule has 0 unspecified atom stereocenters. The fourth-order valence-electron chi connectivity index (χ4n) is 2.67. The highest BCUT2D eigenvalue weighted by atomic mass is 35.5. The molecule has 2 aromatic rings. The van der Waals surface area contributed by atoms with Crippen LogP contribution in [0.15, 0.2) is 17.0 Å². The number of amides is 1. The van der Waals surface area contributed by atoms with Crippen LogP contribution in [0.1, 0.15) is 24.6 Å². The topological polar surface area (TPSA) is 72.3 Å². The number of alkyl halides is 6. The highest BCUT2D eigenvalue weighted by Gasteiger charge is 2.51. The number of nitrogens with zero attached hydrogens (tertiary/aromatic N) is 3. The van der Waals surface area contributed by atoms with Crippen molar-refractivity contribution in [3.63, 3.8) is 0 Å². The summed E-state index contributed by atoms with van der Waals surface area (Å²) in [7, 11) is -5.03. The molecule has 0 bridgehead atoms. The van der Waals surface area contributed by atoms with Crippen molar-refractivity contribution in [3.05, 3.63) is 33.4 Å². The number of benzene rings is 1. The zero-order chi connectivity index (χ0) is 24.1. The van der Waals surface area contributed by atoms with Crippen LogP contribution in [0.5, 0.6) is 0 Å². The lowest BCUT2D eigenvalue weighted by atomic mass is 10.2. The predicted molar refractivity (Wildman–Crippen MR) is 100 cm³/mol. The molecule has 0 saturated carbocycles. The fourth-order valence-corrected chi connectivity index (χ4v) is 4.44. The van der Waals surface area contributed by atoms with Gasteiger partial charge >= 0.3 is 11.7 Å². The van der Waals surface area contributed by atoms with E-state index >= 15 is 0 Å². The van der Waals surface area contributed by atoms with Crippen LogP contribution in [0.3, 0.4) is 0 Å². The third-order valence-electron chi connectivity index (χ3n) is 4.11. The zero-order valence-corrected chi connectivity index (χ0v) is 18.2. The van der Waals surface area contributed by atoms with E-state index in [1.807, 2.05) is 0 Å². The van der Waals surface area contributed by atoms with Gasteiger partial charge < -0.3 is 0 Å². The third-order valence-corrected chi connectivity index (χ3v) is 6.31. The van der Waals surface area contributed by atoms with Crippen molar-refractivity contribution in [2.24, 2.45) is 0 Å². The number of carbonyl (C=O) groups is 1. The average Bonchev–Trinajstić information content (AvgIpc) is 2.95.